The number of nitrogens with zero attached hydrogens (tertiary/aromatic N) is 3. The molecule has 1 saturated heterocycles. The van der Waals surface area contributed by atoms with E-state index < -0.39 is 11.9 Å². The third-order valence-corrected chi connectivity index (χ3v) is 8.50. The molecule has 52 heavy (non-hydrogen) atoms. The van der Waals surface area contributed by atoms with Gasteiger partial charge in [-0.25, -0.2) is 4.98 Å². The van der Waals surface area contributed by atoms with Gasteiger partial charge >= 0.3 is 0 Å². The largest absolute Gasteiger partial charge is 0.493 e. The number of hydrogen-bond acceptors (Lipinski definition) is 11. The van der Waals surface area contributed by atoms with Gasteiger partial charge in [-0.3, -0.25) is 24.1 Å². The van der Waals surface area contributed by atoms with Gasteiger partial charge in [-0.2, -0.15) is 0 Å². The standard InChI is InChI=1S/C36H41N5O8.CH2O2/c1-24-30-20-37-34(43)29(17-25-7-4-3-5-8-25)38-33(42)22-41(36(44)27-18-28(48-23-27)21-40-12-15-46-16-13-40)11-6-14-47-32-19-26(35(39-30)49-24)9-10-31(32)45-2;2-1-3/h3-5,7-10,18-19,23,29H,6,11-17,20-22H2,1-2H3,(H,37,43)(H,38,42);1H,(H,2,3)/t29-;/m1./s1. The topological polar surface area (TPSA) is 186 Å². The van der Waals surface area contributed by atoms with Gasteiger partial charge in [0.25, 0.3) is 12.4 Å². The lowest BCUT2D eigenvalue weighted by Gasteiger charge is -2.25. The van der Waals surface area contributed by atoms with Gasteiger partial charge in [-0.05, 0) is 43.2 Å². The van der Waals surface area contributed by atoms with Crippen molar-refractivity contribution in [1.82, 2.24) is 25.4 Å². The number of rotatable bonds is 6. The molecule has 4 bridgehead atoms. The minimum atomic E-state index is -0.904. The highest BCUT2D eigenvalue weighted by atomic mass is 16.5. The number of aryl methyl sites for hydroxylation is 1. The van der Waals surface area contributed by atoms with Crippen molar-refractivity contribution in [2.75, 3.05) is 53.1 Å². The first-order valence-corrected chi connectivity index (χ1v) is 16.9. The van der Waals surface area contributed by atoms with Crippen LogP contribution in [-0.4, -0.2) is 103 Å². The summed E-state index contributed by atoms with van der Waals surface area (Å²) in [6.45, 7) is 5.19. The van der Waals surface area contributed by atoms with Crippen LogP contribution in [0.1, 0.15) is 39.6 Å². The fourth-order valence-corrected chi connectivity index (χ4v) is 5.83. The number of carboxylic acid groups (broad SMARTS) is 1. The van der Waals surface area contributed by atoms with Crippen LogP contribution in [0.25, 0.3) is 11.5 Å². The number of hydrogen-bond donors (Lipinski definition) is 3. The SMILES string of the molecule is COc1ccc2cc1OCCCN(C(=O)c1coc(CN3CCOCC3)c1)CC(=O)N[C@H](Cc1ccccc1)C(=O)NCc1nc-2oc1C.O=CO. The predicted octanol–water partition coefficient (Wildman–Crippen LogP) is 3.05. The van der Waals surface area contributed by atoms with Crippen molar-refractivity contribution in [2.45, 2.75) is 38.9 Å². The van der Waals surface area contributed by atoms with Gasteiger partial charge in [0.05, 0.1) is 52.1 Å². The van der Waals surface area contributed by atoms with Crippen molar-refractivity contribution in [3.8, 4) is 23.0 Å². The maximum Gasteiger partial charge on any atom is 0.290 e. The molecule has 3 amide bonds. The normalized spacial score (nSPS) is 17.3. The van der Waals surface area contributed by atoms with E-state index in [1.165, 1.54) is 11.2 Å². The molecule has 3 N–H and O–H groups in total. The van der Waals surface area contributed by atoms with Gasteiger partial charge in [0, 0.05) is 31.6 Å². The zero-order valence-corrected chi connectivity index (χ0v) is 29.2. The van der Waals surface area contributed by atoms with Crippen LogP contribution in [0.2, 0.25) is 0 Å². The molecule has 0 aliphatic carbocycles. The second-order valence-corrected chi connectivity index (χ2v) is 12.1. The summed E-state index contributed by atoms with van der Waals surface area (Å²) in [7, 11) is 1.55. The molecule has 4 aromatic rings. The molecular formula is C37H43N5O10. The van der Waals surface area contributed by atoms with Crippen molar-refractivity contribution >= 4 is 24.2 Å². The molecule has 6 rings (SSSR count). The highest BCUT2D eigenvalue weighted by molar-refractivity contribution is 5.97. The Hall–Kier alpha value is -5.67. The van der Waals surface area contributed by atoms with Crippen LogP contribution in [0.15, 0.2) is 69.7 Å². The number of methoxy groups -OCH3 is 1. The lowest BCUT2D eigenvalue weighted by atomic mass is 10.0. The average Bonchev–Trinajstić information content (AvgIpc) is 3.78. The minimum Gasteiger partial charge on any atom is -0.493 e. The van der Waals surface area contributed by atoms with Crippen LogP contribution in [0, 0.1) is 6.92 Å². The van der Waals surface area contributed by atoms with E-state index >= 15 is 0 Å². The first kappa shape index (κ1) is 37.6. The quantitative estimate of drug-likeness (QED) is 0.248. The van der Waals surface area contributed by atoms with Gasteiger partial charge < -0.3 is 43.7 Å². The average molecular weight is 718 g/mol. The van der Waals surface area contributed by atoms with Gasteiger partial charge in [0.15, 0.2) is 11.5 Å². The Morgan fingerprint density at radius 3 is 2.60 bits per heavy atom. The molecule has 2 aliphatic rings. The number of fused-ring (bicyclic) bond motifs is 5. The third-order valence-electron chi connectivity index (χ3n) is 8.50. The number of nitrogens with one attached hydrogen (secondary N) is 2. The Morgan fingerprint density at radius 2 is 1.85 bits per heavy atom. The zero-order chi connectivity index (χ0) is 36.9. The number of aromatic nitrogens is 1. The van der Waals surface area contributed by atoms with E-state index in [1.807, 2.05) is 36.4 Å². The molecule has 0 radical (unpaired) electrons. The second-order valence-electron chi connectivity index (χ2n) is 12.1. The lowest BCUT2D eigenvalue weighted by Crippen LogP contribution is -2.51. The second kappa shape index (κ2) is 18.5. The van der Waals surface area contributed by atoms with E-state index in [4.69, 9.17) is 32.9 Å². The number of carbonyl (C=O) groups excluding carboxylic acids is 3. The van der Waals surface area contributed by atoms with Gasteiger partial charge in [-0.15, -0.1) is 0 Å². The summed E-state index contributed by atoms with van der Waals surface area (Å²) in [6.07, 6.45) is 2.08. The first-order valence-electron chi connectivity index (χ1n) is 16.9. The molecule has 1 atom stereocenters. The molecule has 15 nitrogen and oxygen atoms in total. The highest BCUT2D eigenvalue weighted by Gasteiger charge is 2.27. The molecular weight excluding hydrogens is 674 g/mol. The Bertz CT molecular complexity index is 1800. The van der Waals surface area contributed by atoms with E-state index in [1.54, 1.807) is 32.2 Å². The molecule has 0 unspecified atom stereocenters. The number of furan rings is 1. The maximum atomic E-state index is 13.8. The Balaban J connectivity index is 0.00000168. The molecule has 0 saturated carbocycles. The third kappa shape index (κ3) is 10.2. The minimum absolute atomic E-state index is 0.0900. The van der Waals surface area contributed by atoms with E-state index in [9.17, 15) is 14.4 Å². The van der Waals surface area contributed by atoms with Crippen molar-refractivity contribution < 1.29 is 47.3 Å². The van der Waals surface area contributed by atoms with Crippen LogP contribution >= 0.6 is 0 Å². The molecule has 0 spiro atoms. The number of oxazole rings is 1. The van der Waals surface area contributed by atoms with Crippen molar-refractivity contribution in [3.05, 3.63) is 89.2 Å². The maximum absolute atomic E-state index is 13.8. The molecule has 2 aromatic carbocycles. The fraction of sp³-hybridized carbons (Fsp3) is 0.378. The molecule has 15 heteroatoms. The van der Waals surface area contributed by atoms with Crippen molar-refractivity contribution in [2.24, 2.45) is 0 Å². The summed E-state index contributed by atoms with van der Waals surface area (Å²) in [4.78, 5) is 57.7. The van der Waals surface area contributed by atoms with Crippen molar-refractivity contribution in [3.63, 3.8) is 0 Å². The molecule has 4 heterocycles. The van der Waals surface area contributed by atoms with Gasteiger partial charge in [0.2, 0.25) is 17.7 Å². The van der Waals surface area contributed by atoms with Crippen LogP contribution in [0.4, 0.5) is 0 Å². The summed E-state index contributed by atoms with van der Waals surface area (Å²) in [6, 6.07) is 15.6. The Kier molecular flexibility index (Phi) is 13.4. The van der Waals surface area contributed by atoms with Gasteiger partial charge in [-0.1, -0.05) is 30.3 Å². The molecule has 1 fully saturated rings. The van der Waals surface area contributed by atoms with E-state index in [2.05, 4.69) is 20.5 Å². The van der Waals surface area contributed by atoms with Crippen LogP contribution < -0.4 is 20.1 Å². The summed E-state index contributed by atoms with van der Waals surface area (Å²) >= 11 is 0. The van der Waals surface area contributed by atoms with Gasteiger partial charge in [0.1, 0.15) is 29.5 Å². The van der Waals surface area contributed by atoms with Crippen molar-refractivity contribution in [1.29, 1.82) is 0 Å². The number of benzene rings is 2. The molecule has 2 aliphatic heterocycles. The molecule has 2 aromatic heterocycles. The summed E-state index contributed by atoms with van der Waals surface area (Å²) in [5.41, 5.74) is 2.44. The first-order chi connectivity index (χ1) is 25.3. The summed E-state index contributed by atoms with van der Waals surface area (Å²) < 4.78 is 28.8. The lowest BCUT2D eigenvalue weighted by molar-refractivity contribution is -0.129. The Morgan fingerprint density at radius 1 is 1.08 bits per heavy atom. The fourth-order valence-electron chi connectivity index (χ4n) is 5.83. The van der Waals surface area contributed by atoms with Crippen LogP contribution in [0.3, 0.4) is 0 Å². The van der Waals surface area contributed by atoms with E-state index in [0.29, 0.717) is 71.9 Å². The number of ether oxygens (including phenoxy) is 3. The summed E-state index contributed by atoms with van der Waals surface area (Å²) in [5.74, 6) is 1.36. The monoisotopic (exact) mass is 717 g/mol. The van der Waals surface area contributed by atoms with Crippen LogP contribution in [0.5, 0.6) is 11.5 Å². The zero-order valence-electron chi connectivity index (χ0n) is 29.2. The van der Waals surface area contributed by atoms with Crippen LogP contribution in [-0.2, 0) is 38.6 Å². The number of morpholine rings is 1. The van der Waals surface area contributed by atoms with E-state index in [0.717, 1.165) is 18.7 Å². The highest BCUT2D eigenvalue weighted by Crippen LogP contribution is 2.33. The number of carbonyl (C=O) groups is 4. The smallest absolute Gasteiger partial charge is 0.290 e. The van der Waals surface area contributed by atoms with E-state index in [-0.39, 0.29) is 50.9 Å². The molecule has 276 valence electrons. The number of amides is 3. The summed E-state index contributed by atoms with van der Waals surface area (Å²) in [5, 5.41) is 12.7. The Labute approximate surface area is 300 Å². The predicted molar refractivity (Wildman–Crippen MR) is 187 cm³/mol.